The van der Waals surface area contributed by atoms with Crippen molar-refractivity contribution in [2.24, 2.45) is 0 Å². The van der Waals surface area contributed by atoms with E-state index in [1.54, 1.807) is 24.5 Å². The molecule has 8 nitrogen and oxygen atoms in total. The van der Waals surface area contributed by atoms with Gasteiger partial charge in [0.25, 0.3) is 0 Å². The number of rotatable bonds is 6. The minimum atomic E-state index is -3.37. The molecular weight excluding hydrogens is 468 g/mol. The van der Waals surface area contributed by atoms with Crippen molar-refractivity contribution in [3.63, 3.8) is 0 Å². The van der Waals surface area contributed by atoms with Crippen molar-refractivity contribution in [1.82, 2.24) is 19.9 Å². The smallest absolute Gasteiger partial charge is 0.229 e. The van der Waals surface area contributed by atoms with Gasteiger partial charge in [-0.3, -0.25) is 14.7 Å². The number of nitrogens with zero attached hydrogens (tertiary/aromatic N) is 4. The van der Waals surface area contributed by atoms with Gasteiger partial charge in [-0.15, -0.1) is 0 Å². The SMILES string of the molecule is CS(=O)(=O)Nc1ccc(N2C(=S)N[C@@H](c3ccccn3)[C@H]2c2cccn2-c2cccnc2)cc1. The van der Waals surface area contributed by atoms with Crippen molar-refractivity contribution < 1.29 is 8.42 Å². The quantitative estimate of drug-likeness (QED) is 0.397. The summed E-state index contributed by atoms with van der Waals surface area (Å²) in [6.45, 7) is 0. The molecule has 0 saturated carbocycles. The van der Waals surface area contributed by atoms with Crippen molar-refractivity contribution in [3.05, 3.63) is 103 Å². The van der Waals surface area contributed by atoms with Gasteiger partial charge in [0.15, 0.2) is 5.11 Å². The normalized spacial score (nSPS) is 18.0. The second kappa shape index (κ2) is 8.88. The highest BCUT2D eigenvalue weighted by Crippen LogP contribution is 2.42. The molecule has 1 aliphatic rings. The Morgan fingerprint density at radius 1 is 0.971 bits per heavy atom. The fourth-order valence-electron chi connectivity index (χ4n) is 4.20. The summed E-state index contributed by atoms with van der Waals surface area (Å²) in [5, 5.41) is 4.00. The molecule has 2 N–H and O–H groups in total. The van der Waals surface area contributed by atoms with E-state index >= 15 is 0 Å². The first-order valence-electron chi connectivity index (χ1n) is 10.6. The summed E-state index contributed by atoms with van der Waals surface area (Å²) >= 11 is 5.78. The van der Waals surface area contributed by atoms with Crippen molar-refractivity contribution in [2.75, 3.05) is 15.9 Å². The van der Waals surface area contributed by atoms with Crippen LogP contribution in [0.25, 0.3) is 5.69 Å². The molecule has 3 aromatic heterocycles. The van der Waals surface area contributed by atoms with Crippen LogP contribution in [0.5, 0.6) is 0 Å². The molecule has 1 saturated heterocycles. The molecule has 0 bridgehead atoms. The van der Waals surface area contributed by atoms with Gasteiger partial charge < -0.3 is 14.8 Å². The fraction of sp³-hybridized carbons (Fsp3) is 0.125. The Balaban J connectivity index is 1.60. The molecular formula is C24H22N6O2S2. The number of pyridine rings is 2. The van der Waals surface area contributed by atoms with Gasteiger partial charge >= 0.3 is 0 Å². The highest BCUT2D eigenvalue weighted by Gasteiger charge is 2.42. The highest BCUT2D eigenvalue weighted by molar-refractivity contribution is 7.92. The topological polar surface area (TPSA) is 92.2 Å². The van der Waals surface area contributed by atoms with Crippen molar-refractivity contribution >= 4 is 38.7 Å². The zero-order valence-corrected chi connectivity index (χ0v) is 19.9. The molecule has 5 rings (SSSR count). The van der Waals surface area contributed by atoms with E-state index in [-0.39, 0.29) is 12.1 Å². The van der Waals surface area contributed by atoms with Crippen LogP contribution in [-0.2, 0) is 10.0 Å². The van der Waals surface area contributed by atoms with Crippen LogP contribution < -0.4 is 14.9 Å². The minimum Gasteiger partial charge on any atom is -0.351 e. The van der Waals surface area contributed by atoms with Crippen LogP contribution in [0.2, 0.25) is 0 Å². The molecule has 0 spiro atoms. The van der Waals surface area contributed by atoms with Gasteiger partial charge in [-0.1, -0.05) is 6.07 Å². The van der Waals surface area contributed by atoms with E-state index in [1.807, 2.05) is 65.8 Å². The first-order valence-corrected chi connectivity index (χ1v) is 12.9. The zero-order chi connectivity index (χ0) is 23.7. The zero-order valence-electron chi connectivity index (χ0n) is 18.2. The van der Waals surface area contributed by atoms with E-state index in [1.165, 1.54) is 0 Å². The first-order chi connectivity index (χ1) is 16.4. The predicted molar refractivity (Wildman–Crippen MR) is 136 cm³/mol. The maximum atomic E-state index is 11.6. The van der Waals surface area contributed by atoms with Crippen LogP contribution in [-0.4, -0.2) is 34.3 Å². The summed E-state index contributed by atoms with van der Waals surface area (Å²) < 4.78 is 27.8. The molecule has 4 aromatic rings. The molecule has 1 aromatic carbocycles. The largest absolute Gasteiger partial charge is 0.351 e. The third-order valence-electron chi connectivity index (χ3n) is 5.55. The third kappa shape index (κ3) is 4.37. The number of hydrogen-bond acceptors (Lipinski definition) is 5. The van der Waals surface area contributed by atoms with E-state index in [4.69, 9.17) is 12.2 Å². The van der Waals surface area contributed by atoms with Crippen LogP contribution in [0, 0.1) is 0 Å². The van der Waals surface area contributed by atoms with Crippen LogP contribution >= 0.6 is 12.2 Å². The summed E-state index contributed by atoms with van der Waals surface area (Å²) in [7, 11) is -3.37. The van der Waals surface area contributed by atoms with Crippen LogP contribution in [0.15, 0.2) is 91.5 Å². The lowest BCUT2D eigenvalue weighted by Crippen LogP contribution is -2.30. The van der Waals surface area contributed by atoms with Crippen molar-refractivity contribution in [2.45, 2.75) is 12.1 Å². The van der Waals surface area contributed by atoms with Crippen LogP contribution in [0.1, 0.15) is 23.5 Å². The molecule has 34 heavy (non-hydrogen) atoms. The van der Waals surface area contributed by atoms with Gasteiger partial charge in [0.1, 0.15) is 6.04 Å². The molecule has 4 heterocycles. The molecule has 0 unspecified atom stereocenters. The molecule has 0 aliphatic carbocycles. The van der Waals surface area contributed by atoms with Crippen molar-refractivity contribution in [3.8, 4) is 5.69 Å². The number of hydrogen-bond donors (Lipinski definition) is 2. The fourth-order valence-corrected chi connectivity index (χ4v) is 5.11. The van der Waals surface area contributed by atoms with Gasteiger partial charge in [-0.05, 0) is 72.9 Å². The van der Waals surface area contributed by atoms with Gasteiger partial charge in [0.05, 0.1) is 29.9 Å². The number of anilines is 2. The lowest BCUT2D eigenvalue weighted by atomic mass is 10.0. The van der Waals surface area contributed by atoms with Gasteiger partial charge in [0, 0.05) is 35.7 Å². The maximum absolute atomic E-state index is 11.6. The lowest BCUT2D eigenvalue weighted by Gasteiger charge is -2.29. The average molecular weight is 491 g/mol. The Morgan fingerprint density at radius 2 is 1.79 bits per heavy atom. The van der Waals surface area contributed by atoms with Gasteiger partial charge in [-0.25, -0.2) is 8.42 Å². The average Bonchev–Trinajstić information content (AvgIpc) is 3.44. The first kappa shape index (κ1) is 22.1. The number of thiocarbonyl (C=S) groups is 1. The summed E-state index contributed by atoms with van der Waals surface area (Å²) in [4.78, 5) is 10.9. The van der Waals surface area contributed by atoms with Crippen LogP contribution in [0.4, 0.5) is 11.4 Å². The number of sulfonamides is 1. The second-order valence-corrected chi connectivity index (χ2v) is 10.1. The summed E-state index contributed by atoms with van der Waals surface area (Å²) in [6.07, 6.45) is 8.45. The highest BCUT2D eigenvalue weighted by atomic mass is 32.2. The Hall–Kier alpha value is -3.76. The molecule has 1 fully saturated rings. The molecule has 0 radical (unpaired) electrons. The number of nitrogens with one attached hydrogen (secondary N) is 2. The molecule has 2 atom stereocenters. The van der Waals surface area contributed by atoms with E-state index < -0.39 is 10.0 Å². The Labute approximate surface area is 203 Å². The summed E-state index contributed by atoms with van der Waals surface area (Å²) in [5.41, 5.74) is 4.13. The van der Waals surface area contributed by atoms with E-state index in [0.29, 0.717) is 10.8 Å². The maximum Gasteiger partial charge on any atom is 0.229 e. The van der Waals surface area contributed by atoms with Crippen LogP contribution in [0.3, 0.4) is 0 Å². The lowest BCUT2D eigenvalue weighted by molar-refractivity contribution is 0.549. The van der Waals surface area contributed by atoms with E-state index in [2.05, 4.69) is 30.6 Å². The van der Waals surface area contributed by atoms with E-state index in [0.717, 1.165) is 29.0 Å². The summed E-state index contributed by atoms with van der Waals surface area (Å²) in [6, 6.07) is 20.5. The predicted octanol–water partition coefficient (Wildman–Crippen LogP) is 3.82. The Kier molecular flexibility index (Phi) is 5.76. The van der Waals surface area contributed by atoms with Gasteiger partial charge in [0.2, 0.25) is 10.0 Å². The summed E-state index contributed by atoms with van der Waals surface area (Å²) in [5.74, 6) is 0. The van der Waals surface area contributed by atoms with Crippen molar-refractivity contribution in [1.29, 1.82) is 0 Å². The monoisotopic (exact) mass is 490 g/mol. The molecule has 1 aliphatic heterocycles. The molecule has 10 heteroatoms. The number of aromatic nitrogens is 3. The Bertz CT molecular complexity index is 1410. The Morgan fingerprint density at radius 3 is 2.47 bits per heavy atom. The standard InChI is InChI=1S/C24H22N6O2S2/c1-34(31,32)28-17-9-11-18(12-10-17)30-23(22(27-24(30)33)20-7-2-3-14-26-20)21-8-5-15-29(21)19-6-4-13-25-16-19/h2-16,22-23,28H,1H3,(H,27,33)/t22-,23+/m0/s1. The minimum absolute atomic E-state index is 0.201. The molecule has 172 valence electrons. The third-order valence-corrected chi connectivity index (χ3v) is 6.48. The second-order valence-electron chi connectivity index (χ2n) is 7.93. The van der Waals surface area contributed by atoms with E-state index in [9.17, 15) is 8.42 Å². The molecule has 0 amide bonds. The number of benzene rings is 1. The van der Waals surface area contributed by atoms with Gasteiger partial charge in [-0.2, -0.15) is 0 Å².